The molecule has 6 nitrogen and oxygen atoms in total. The molecule has 0 amide bonds. The minimum absolute atomic E-state index is 0.521. The van der Waals surface area contributed by atoms with E-state index in [1.165, 1.54) is 0 Å². The van der Waals surface area contributed by atoms with Crippen LogP contribution < -0.4 is 30.4 Å². The van der Waals surface area contributed by atoms with Gasteiger partial charge >= 0.3 is 0 Å². The Kier molecular flexibility index (Phi) is 6.58. The Hall–Kier alpha value is -5.10. The van der Waals surface area contributed by atoms with Crippen LogP contribution in [0.1, 0.15) is 0 Å². The fraction of sp³-hybridized carbons (Fsp3) is 0. The molecule has 0 saturated heterocycles. The number of rotatable bonds is 8. The number of hydrogen-bond acceptors (Lipinski definition) is 6. The van der Waals surface area contributed by atoms with Gasteiger partial charge in [0, 0.05) is 11.4 Å². The van der Waals surface area contributed by atoms with E-state index in [4.69, 9.17) is 30.4 Å². The molecule has 0 aliphatic rings. The summed E-state index contributed by atoms with van der Waals surface area (Å²) in [4.78, 5) is 0. The number of nitrogens with two attached hydrogens (primary N) is 2. The third kappa shape index (κ3) is 5.51. The lowest BCUT2D eigenvalue weighted by molar-refractivity contribution is 0.382. The van der Waals surface area contributed by atoms with Crippen molar-refractivity contribution < 1.29 is 18.9 Å². The van der Waals surface area contributed by atoms with Gasteiger partial charge in [0.2, 0.25) is 0 Å². The second kappa shape index (κ2) is 10.4. The number of benzene rings is 5. The Morgan fingerprint density at radius 1 is 0.306 bits per heavy atom. The molecule has 0 heterocycles. The van der Waals surface area contributed by atoms with Crippen LogP contribution in [-0.2, 0) is 0 Å². The molecule has 5 aromatic carbocycles. The summed E-state index contributed by atoms with van der Waals surface area (Å²) in [6, 6.07) is 36.6. The van der Waals surface area contributed by atoms with Gasteiger partial charge in [0.05, 0.1) is 0 Å². The lowest BCUT2D eigenvalue weighted by Gasteiger charge is -2.16. The predicted molar refractivity (Wildman–Crippen MR) is 141 cm³/mol. The molecule has 0 radical (unpaired) electrons. The fourth-order valence-electron chi connectivity index (χ4n) is 3.42. The average molecular weight is 477 g/mol. The highest BCUT2D eigenvalue weighted by Gasteiger charge is 2.14. The lowest BCUT2D eigenvalue weighted by Crippen LogP contribution is -1.94. The molecular formula is C30H24N2O4. The maximum Gasteiger partial charge on any atom is 0.170 e. The fourth-order valence-corrected chi connectivity index (χ4v) is 3.42. The molecule has 5 rings (SSSR count). The standard InChI is InChI=1S/C30H24N2O4/c31-21-13-17-23(18-14-21)33-25-7-1-3-9-27(25)35-29-11-5-6-12-30(29)36-28-10-4-2-8-26(28)34-24-19-15-22(32)16-20-24/h1-20H,31-32H2. The van der Waals surface area contributed by atoms with Crippen molar-refractivity contribution in [2.75, 3.05) is 11.5 Å². The minimum Gasteiger partial charge on any atom is -0.453 e. The van der Waals surface area contributed by atoms with E-state index in [0.717, 1.165) is 0 Å². The molecule has 0 aromatic heterocycles. The maximum absolute atomic E-state index is 6.25. The van der Waals surface area contributed by atoms with Gasteiger partial charge in [-0.3, -0.25) is 0 Å². The van der Waals surface area contributed by atoms with Crippen LogP contribution in [0.5, 0.6) is 46.0 Å². The molecule has 5 aromatic rings. The predicted octanol–water partition coefficient (Wildman–Crippen LogP) is 8.02. The van der Waals surface area contributed by atoms with Gasteiger partial charge in [-0.1, -0.05) is 36.4 Å². The van der Waals surface area contributed by atoms with Crippen LogP contribution in [0.15, 0.2) is 121 Å². The van der Waals surface area contributed by atoms with Crippen molar-refractivity contribution in [3.05, 3.63) is 121 Å². The molecule has 0 spiro atoms. The smallest absolute Gasteiger partial charge is 0.170 e. The van der Waals surface area contributed by atoms with Gasteiger partial charge in [0.15, 0.2) is 34.5 Å². The van der Waals surface area contributed by atoms with Crippen LogP contribution >= 0.6 is 0 Å². The van der Waals surface area contributed by atoms with Crippen molar-refractivity contribution in [2.45, 2.75) is 0 Å². The van der Waals surface area contributed by atoms with Crippen molar-refractivity contribution in [2.24, 2.45) is 0 Å². The summed E-state index contributed by atoms with van der Waals surface area (Å²) in [6.45, 7) is 0. The largest absolute Gasteiger partial charge is 0.453 e. The Morgan fingerprint density at radius 3 is 0.833 bits per heavy atom. The Bertz CT molecular complexity index is 1340. The summed E-state index contributed by atoms with van der Waals surface area (Å²) in [5.74, 6) is 4.54. The first-order chi connectivity index (χ1) is 17.6. The normalized spacial score (nSPS) is 10.4. The quantitative estimate of drug-likeness (QED) is 0.220. The van der Waals surface area contributed by atoms with E-state index >= 15 is 0 Å². The van der Waals surface area contributed by atoms with Crippen molar-refractivity contribution in [1.82, 2.24) is 0 Å². The van der Waals surface area contributed by atoms with E-state index in [0.29, 0.717) is 57.4 Å². The molecule has 4 N–H and O–H groups in total. The highest BCUT2D eigenvalue weighted by Crippen LogP contribution is 2.42. The first kappa shape index (κ1) is 22.7. The molecule has 0 aliphatic heterocycles. The Labute approximate surface area is 209 Å². The number of anilines is 2. The number of nitrogen functional groups attached to an aromatic ring is 2. The summed E-state index contributed by atoms with van der Waals surface area (Å²) in [5, 5.41) is 0. The van der Waals surface area contributed by atoms with Gasteiger partial charge in [-0.25, -0.2) is 0 Å². The van der Waals surface area contributed by atoms with Crippen LogP contribution in [0, 0.1) is 0 Å². The summed E-state index contributed by atoms with van der Waals surface area (Å²) >= 11 is 0. The third-order valence-corrected chi connectivity index (χ3v) is 5.20. The van der Waals surface area contributed by atoms with Crippen molar-refractivity contribution in [3.63, 3.8) is 0 Å². The second-order valence-electron chi connectivity index (χ2n) is 7.89. The minimum atomic E-state index is 0.521. The summed E-state index contributed by atoms with van der Waals surface area (Å²) in [6.07, 6.45) is 0. The first-order valence-corrected chi connectivity index (χ1v) is 11.3. The van der Waals surface area contributed by atoms with Gasteiger partial charge in [-0.15, -0.1) is 0 Å². The molecule has 6 heteroatoms. The van der Waals surface area contributed by atoms with Crippen LogP contribution in [0.25, 0.3) is 0 Å². The van der Waals surface area contributed by atoms with Gasteiger partial charge < -0.3 is 30.4 Å². The summed E-state index contributed by atoms with van der Waals surface area (Å²) < 4.78 is 24.6. The zero-order valence-corrected chi connectivity index (χ0v) is 19.3. The molecule has 0 unspecified atom stereocenters. The Morgan fingerprint density at radius 2 is 0.556 bits per heavy atom. The Balaban J connectivity index is 1.39. The second-order valence-corrected chi connectivity index (χ2v) is 7.89. The summed E-state index contributed by atoms with van der Waals surface area (Å²) in [7, 11) is 0. The van der Waals surface area contributed by atoms with E-state index in [9.17, 15) is 0 Å². The van der Waals surface area contributed by atoms with Gasteiger partial charge in [0.25, 0.3) is 0 Å². The zero-order valence-electron chi connectivity index (χ0n) is 19.3. The lowest BCUT2D eigenvalue weighted by atomic mass is 10.2. The van der Waals surface area contributed by atoms with E-state index in [2.05, 4.69) is 0 Å². The van der Waals surface area contributed by atoms with Crippen LogP contribution in [0.3, 0.4) is 0 Å². The van der Waals surface area contributed by atoms with Gasteiger partial charge in [-0.2, -0.15) is 0 Å². The van der Waals surface area contributed by atoms with Gasteiger partial charge in [-0.05, 0) is 84.9 Å². The van der Waals surface area contributed by atoms with Crippen molar-refractivity contribution in [1.29, 1.82) is 0 Å². The first-order valence-electron chi connectivity index (χ1n) is 11.3. The van der Waals surface area contributed by atoms with Crippen LogP contribution in [0.2, 0.25) is 0 Å². The van der Waals surface area contributed by atoms with Crippen molar-refractivity contribution in [3.8, 4) is 46.0 Å². The molecule has 0 atom stereocenters. The molecule has 0 saturated carbocycles. The molecule has 0 fully saturated rings. The highest BCUT2D eigenvalue weighted by molar-refractivity contribution is 5.53. The average Bonchev–Trinajstić information content (AvgIpc) is 2.90. The van der Waals surface area contributed by atoms with E-state index < -0.39 is 0 Å². The number of hydrogen-bond donors (Lipinski definition) is 2. The van der Waals surface area contributed by atoms with Crippen LogP contribution in [0.4, 0.5) is 11.4 Å². The van der Waals surface area contributed by atoms with Crippen LogP contribution in [-0.4, -0.2) is 0 Å². The van der Waals surface area contributed by atoms with Gasteiger partial charge in [0.1, 0.15) is 11.5 Å². The molecular weight excluding hydrogens is 452 g/mol. The summed E-state index contributed by atoms with van der Waals surface area (Å²) in [5.41, 5.74) is 12.9. The molecule has 178 valence electrons. The molecule has 36 heavy (non-hydrogen) atoms. The third-order valence-electron chi connectivity index (χ3n) is 5.20. The zero-order chi connectivity index (χ0) is 24.7. The molecule has 0 bridgehead atoms. The van der Waals surface area contributed by atoms with Crippen molar-refractivity contribution >= 4 is 11.4 Å². The molecule has 0 aliphatic carbocycles. The monoisotopic (exact) mass is 476 g/mol. The highest BCUT2D eigenvalue weighted by atomic mass is 16.6. The van der Waals surface area contributed by atoms with E-state index in [1.807, 2.05) is 72.8 Å². The maximum atomic E-state index is 6.25. The van der Waals surface area contributed by atoms with E-state index in [-0.39, 0.29) is 0 Å². The van der Waals surface area contributed by atoms with E-state index in [1.54, 1.807) is 48.5 Å². The SMILES string of the molecule is Nc1ccc(Oc2ccccc2Oc2ccccc2Oc2ccccc2Oc2ccc(N)cc2)cc1. The number of para-hydroxylation sites is 6. The topological polar surface area (TPSA) is 89.0 Å². The number of ether oxygens (including phenoxy) is 4.